The van der Waals surface area contributed by atoms with E-state index in [1.165, 1.54) is 0 Å². The van der Waals surface area contributed by atoms with Crippen molar-refractivity contribution >= 4 is 88.3 Å². The number of hydrogen-bond acceptors (Lipinski definition) is 13. The summed E-state index contributed by atoms with van der Waals surface area (Å²) >= 11 is 0. The van der Waals surface area contributed by atoms with Crippen LogP contribution in [0.25, 0.3) is 0 Å². The molecule has 0 aliphatic carbocycles. The Morgan fingerprint density at radius 2 is 0.720 bits per heavy atom. The molecule has 0 saturated carbocycles. The highest BCUT2D eigenvalue weighted by Gasteiger charge is 2.46. The highest BCUT2D eigenvalue weighted by Crippen LogP contribution is 2.57. The Morgan fingerprint density at radius 1 is 0.480 bits per heavy atom. The fraction of sp³-hybridized carbons (Fsp3) is 1.00. The van der Waals surface area contributed by atoms with Crippen molar-refractivity contribution in [3.05, 3.63) is 0 Å². The Kier molecular flexibility index (Phi) is 17.1. The van der Waals surface area contributed by atoms with Crippen LogP contribution in [0, 0.1) is 0 Å². The van der Waals surface area contributed by atoms with E-state index < -0.39 is 17.6 Å². The molecular weight excluding hydrogens is 497 g/mol. The SMILES string of the molecule is CO[Si](OC)(OC)C(C)SSSSSSSC(C)[Si](OC)(OC)OC. The Balaban J connectivity index is 3.97. The van der Waals surface area contributed by atoms with Gasteiger partial charge in [0.15, 0.2) is 0 Å². The average Bonchev–Trinajstić information content (AvgIpc) is 2.64. The lowest BCUT2D eigenvalue weighted by atomic mass is 11.0. The molecule has 0 aromatic heterocycles. The molecule has 0 aliphatic heterocycles. The smallest absolute Gasteiger partial charge is 0.376 e. The molecule has 0 N–H and O–H groups in total. The number of hydrogen-bond donors (Lipinski definition) is 0. The Hall–Kier alpha value is 2.64. The van der Waals surface area contributed by atoms with Gasteiger partial charge in [-0.1, -0.05) is 21.6 Å². The Morgan fingerprint density at radius 3 is 0.960 bits per heavy atom. The van der Waals surface area contributed by atoms with Gasteiger partial charge in [-0.2, -0.15) is 0 Å². The van der Waals surface area contributed by atoms with Crippen LogP contribution < -0.4 is 0 Å². The van der Waals surface area contributed by atoms with Crippen LogP contribution in [-0.2, 0) is 26.6 Å². The van der Waals surface area contributed by atoms with Crippen molar-refractivity contribution in [3.63, 3.8) is 0 Å². The van der Waals surface area contributed by atoms with Crippen molar-refractivity contribution in [3.8, 4) is 0 Å². The lowest BCUT2D eigenvalue weighted by molar-refractivity contribution is 0.122. The second kappa shape index (κ2) is 15.5. The third-order valence-corrected chi connectivity index (χ3v) is 25.3. The molecule has 0 aromatic rings. The lowest BCUT2D eigenvalue weighted by Gasteiger charge is -2.29. The van der Waals surface area contributed by atoms with E-state index in [0.717, 1.165) is 0 Å². The minimum atomic E-state index is -2.58. The maximum atomic E-state index is 5.48. The molecule has 6 nitrogen and oxygen atoms in total. The molecule has 15 heteroatoms. The monoisotopic (exact) mass is 522 g/mol. The molecule has 0 spiro atoms. The normalized spacial score (nSPS) is 15.4. The van der Waals surface area contributed by atoms with E-state index in [4.69, 9.17) is 26.6 Å². The first-order chi connectivity index (χ1) is 11.9. The summed E-state index contributed by atoms with van der Waals surface area (Å²) in [5.41, 5.74) is 0. The summed E-state index contributed by atoms with van der Waals surface area (Å²) in [5.74, 6) is 0. The molecule has 25 heavy (non-hydrogen) atoms. The Labute approximate surface area is 179 Å². The van der Waals surface area contributed by atoms with E-state index in [-0.39, 0.29) is 9.75 Å². The van der Waals surface area contributed by atoms with Crippen molar-refractivity contribution in [1.29, 1.82) is 0 Å². The zero-order valence-electron chi connectivity index (χ0n) is 15.5. The minimum absolute atomic E-state index is 0.148. The van der Waals surface area contributed by atoms with Gasteiger partial charge in [-0.15, -0.1) is 0 Å². The predicted molar refractivity (Wildman–Crippen MR) is 126 cm³/mol. The second-order valence-electron chi connectivity index (χ2n) is 4.25. The van der Waals surface area contributed by atoms with Crippen LogP contribution >= 0.6 is 70.7 Å². The van der Waals surface area contributed by atoms with Gasteiger partial charge in [-0.05, 0) is 63.0 Å². The molecule has 2 atom stereocenters. The van der Waals surface area contributed by atoms with Gasteiger partial charge in [0.2, 0.25) is 0 Å². The molecule has 0 bridgehead atoms. The van der Waals surface area contributed by atoms with Crippen molar-refractivity contribution in [2.45, 2.75) is 23.6 Å². The fourth-order valence-electron chi connectivity index (χ4n) is 1.80. The first-order valence-corrected chi connectivity index (χ1v) is 19.4. The summed E-state index contributed by atoms with van der Waals surface area (Å²) in [6.07, 6.45) is 0. The van der Waals surface area contributed by atoms with Gasteiger partial charge < -0.3 is 26.6 Å². The quantitative estimate of drug-likeness (QED) is 0.151. The molecular formula is C10H26O6S7Si2. The zero-order valence-corrected chi connectivity index (χ0v) is 23.2. The molecule has 2 unspecified atom stereocenters. The summed E-state index contributed by atoms with van der Waals surface area (Å²) in [7, 11) is 16.6. The van der Waals surface area contributed by atoms with Crippen LogP contribution in [0.3, 0.4) is 0 Å². The molecule has 0 saturated heterocycles. The van der Waals surface area contributed by atoms with Gasteiger partial charge in [0.25, 0.3) is 0 Å². The summed E-state index contributed by atoms with van der Waals surface area (Å²) in [4.78, 5) is 0.295. The first kappa shape index (κ1) is 27.6. The number of rotatable bonds is 16. The molecule has 0 aromatic carbocycles. The van der Waals surface area contributed by atoms with E-state index in [1.54, 1.807) is 113 Å². The molecule has 0 fully saturated rings. The van der Waals surface area contributed by atoms with Crippen molar-refractivity contribution in [2.75, 3.05) is 42.7 Å². The van der Waals surface area contributed by atoms with Gasteiger partial charge in [-0.3, -0.25) is 0 Å². The summed E-state index contributed by atoms with van der Waals surface area (Å²) < 4.78 is 32.9. The third-order valence-electron chi connectivity index (χ3n) is 3.18. The molecule has 0 aliphatic rings. The van der Waals surface area contributed by atoms with Gasteiger partial charge in [0.05, 0.1) is 9.75 Å². The maximum Gasteiger partial charge on any atom is 0.514 e. The largest absolute Gasteiger partial charge is 0.514 e. The highest BCUT2D eigenvalue weighted by atomic mass is 33.9. The van der Waals surface area contributed by atoms with Gasteiger partial charge in [0.1, 0.15) is 0 Å². The Bertz CT molecular complexity index is 294. The predicted octanol–water partition coefficient (Wildman–Crippen LogP) is 5.22. The standard InChI is InChI=1S/C10H26O6S7Si2/c1-9(24(11-3,12-4)13-5)17-19-21-23-22-20-18-10(2)25(14-6,15-7)16-8/h9-10H,1-8H3. The van der Waals surface area contributed by atoms with E-state index in [2.05, 4.69) is 13.8 Å². The molecule has 152 valence electrons. The van der Waals surface area contributed by atoms with Crippen LogP contribution in [0.5, 0.6) is 0 Å². The first-order valence-electron chi connectivity index (χ1n) is 6.88. The van der Waals surface area contributed by atoms with Crippen molar-refractivity contribution in [2.24, 2.45) is 0 Å². The highest BCUT2D eigenvalue weighted by molar-refractivity contribution is 9.46. The average molecular weight is 523 g/mol. The van der Waals surface area contributed by atoms with E-state index in [1.807, 2.05) is 0 Å². The van der Waals surface area contributed by atoms with Crippen LogP contribution in [-0.4, -0.2) is 70.0 Å². The van der Waals surface area contributed by atoms with Gasteiger partial charge >= 0.3 is 17.6 Å². The molecule has 0 amide bonds. The van der Waals surface area contributed by atoms with E-state index in [0.29, 0.717) is 0 Å². The minimum Gasteiger partial charge on any atom is -0.376 e. The topological polar surface area (TPSA) is 55.4 Å². The van der Waals surface area contributed by atoms with Gasteiger partial charge in [-0.25, -0.2) is 0 Å². The summed E-state index contributed by atoms with van der Waals surface area (Å²) in [5, 5.41) is 0. The van der Waals surface area contributed by atoms with Crippen LogP contribution in [0.2, 0.25) is 0 Å². The van der Waals surface area contributed by atoms with Crippen LogP contribution in [0.1, 0.15) is 13.8 Å². The maximum absolute atomic E-state index is 5.48. The zero-order chi connectivity index (χ0) is 19.3. The molecule has 0 heterocycles. The second-order valence-corrected chi connectivity index (χ2v) is 23.5. The van der Waals surface area contributed by atoms with E-state index in [9.17, 15) is 0 Å². The fourth-order valence-corrected chi connectivity index (χ4v) is 25.6. The van der Waals surface area contributed by atoms with Crippen LogP contribution in [0.15, 0.2) is 0 Å². The third kappa shape index (κ3) is 8.90. The van der Waals surface area contributed by atoms with Crippen LogP contribution in [0.4, 0.5) is 0 Å². The summed E-state index contributed by atoms with van der Waals surface area (Å²) in [6.45, 7) is 4.13. The van der Waals surface area contributed by atoms with E-state index >= 15 is 0 Å². The molecule has 0 rings (SSSR count). The van der Waals surface area contributed by atoms with Crippen molar-refractivity contribution < 1.29 is 26.6 Å². The summed E-state index contributed by atoms with van der Waals surface area (Å²) in [6, 6.07) is 0. The lowest BCUT2D eigenvalue weighted by Crippen LogP contribution is -2.51. The van der Waals surface area contributed by atoms with Crippen molar-refractivity contribution in [1.82, 2.24) is 0 Å². The molecule has 0 radical (unpaired) electrons. The van der Waals surface area contributed by atoms with Gasteiger partial charge in [0, 0.05) is 42.7 Å².